The molecule has 0 aliphatic heterocycles. The highest BCUT2D eigenvalue weighted by Crippen LogP contribution is 2.22. The summed E-state index contributed by atoms with van der Waals surface area (Å²) in [6.07, 6.45) is 3.93. The summed E-state index contributed by atoms with van der Waals surface area (Å²) in [6.45, 7) is 2.94. The van der Waals surface area contributed by atoms with Crippen LogP contribution in [0.4, 0.5) is 0 Å². The zero-order chi connectivity index (χ0) is 11.9. The Kier molecular flexibility index (Phi) is 4.14. The molecule has 0 saturated heterocycles. The number of unbranched alkanes of at least 4 members (excludes halogenated alkanes) is 1. The summed E-state index contributed by atoms with van der Waals surface area (Å²) >= 11 is 0. The van der Waals surface area contributed by atoms with Gasteiger partial charge in [-0.1, -0.05) is 13.3 Å². The largest absolute Gasteiger partial charge is 0.494 e. The molecule has 0 N–H and O–H groups in total. The second kappa shape index (κ2) is 6.04. The zero-order valence-corrected chi connectivity index (χ0v) is 10.1. The van der Waals surface area contributed by atoms with Crippen molar-refractivity contribution in [1.29, 1.82) is 0 Å². The number of rotatable bonds is 5. The van der Waals surface area contributed by atoms with Gasteiger partial charge in [0, 0.05) is 12.1 Å². The van der Waals surface area contributed by atoms with E-state index in [2.05, 4.69) is 6.92 Å². The lowest BCUT2D eigenvalue weighted by Crippen LogP contribution is -1.95. The third kappa shape index (κ3) is 3.31. The Morgan fingerprint density at radius 1 is 1.06 bits per heavy atom. The minimum absolute atomic E-state index is 0.783. The van der Waals surface area contributed by atoms with Gasteiger partial charge in [0.15, 0.2) is 0 Å². The van der Waals surface area contributed by atoms with Crippen LogP contribution in [0.5, 0.6) is 5.75 Å². The van der Waals surface area contributed by atoms with Gasteiger partial charge in [-0.2, -0.15) is 0 Å². The van der Waals surface area contributed by atoms with E-state index in [1.54, 1.807) is 6.26 Å². The third-order valence-electron chi connectivity index (χ3n) is 2.54. The van der Waals surface area contributed by atoms with E-state index in [1.807, 2.05) is 42.5 Å². The first-order valence-electron chi connectivity index (χ1n) is 6.00. The van der Waals surface area contributed by atoms with Gasteiger partial charge in [0.2, 0.25) is 0 Å². The summed E-state index contributed by atoms with van der Waals surface area (Å²) in [5.74, 6) is 1.78. The second-order valence-corrected chi connectivity index (χ2v) is 3.90. The predicted molar refractivity (Wildman–Crippen MR) is 69.0 cm³/mol. The van der Waals surface area contributed by atoms with Crippen molar-refractivity contribution in [3.63, 3.8) is 0 Å². The molecule has 2 heteroatoms. The van der Waals surface area contributed by atoms with Crippen LogP contribution in [0, 0.1) is 0 Å². The molecule has 17 heavy (non-hydrogen) atoms. The normalized spacial score (nSPS) is 10.2. The molecule has 0 aliphatic carbocycles. The minimum Gasteiger partial charge on any atom is -0.494 e. The molecule has 0 aliphatic rings. The summed E-state index contributed by atoms with van der Waals surface area (Å²) in [5.41, 5.74) is 1.06. The topological polar surface area (TPSA) is 20.5 Å². The first-order chi connectivity index (χ1) is 8.40. The Morgan fingerprint density at radius 3 is 2.53 bits per heavy atom. The lowest BCUT2D eigenvalue weighted by molar-refractivity contribution is 0.309. The molecule has 0 atom stereocenters. The molecule has 1 aromatic carbocycles. The Hall–Kier alpha value is -1.83. The van der Waals surface area contributed by atoms with E-state index in [4.69, 9.17) is 9.15 Å². The van der Waals surface area contributed by atoms with E-state index < -0.39 is 0 Å². The first kappa shape index (κ1) is 11.6. The Morgan fingerprint density at radius 2 is 1.88 bits per heavy atom. The molecule has 1 heterocycles. The fourth-order valence-electron chi connectivity index (χ4n) is 1.55. The van der Waals surface area contributed by atoms with Crippen LogP contribution in [0.25, 0.3) is 11.3 Å². The average molecular weight is 229 g/mol. The molecule has 0 saturated carbocycles. The Bertz CT molecular complexity index is 434. The molecule has 0 amide bonds. The molecule has 2 aromatic rings. The maximum atomic E-state index is 5.61. The number of ether oxygens (including phenoxy) is 1. The highest BCUT2D eigenvalue weighted by atomic mass is 16.5. The predicted octanol–water partition coefficient (Wildman–Crippen LogP) is 4.41. The summed E-state index contributed by atoms with van der Waals surface area (Å²) < 4.78 is 11.0. The van der Waals surface area contributed by atoms with Crippen LogP contribution in [0.3, 0.4) is 0 Å². The van der Waals surface area contributed by atoms with Crippen molar-refractivity contribution in [1.82, 2.24) is 0 Å². The number of benzene rings is 1. The van der Waals surface area contributed by atoms with Crippen LogP contribution in [-0.4, -0.2) is 6.61 Å². The summed E-state index contributed by atoms with van der Waals surface area (Å²) in [6, 6.07) is 13.8. The fourth-order valence-corrected chi connectivity index (χ4v) is 1.55. The van der Waals surface area contributed by atoms with Crippen molar-refractivity contribution in [2.45, 2.75) is 19.8 Å². The van der Waals surface area contributed by atoms with Crippen LogP contribution >= 0.6 is 0 Å². The van der Waals surface area contributed by atoms with Gasteiger partial charge in [0.05, 0.1) is 12.2 Å². The van der Waals surface area contributed by atoms with Crippen LogP contribution in [0.2, 0.25) is 0 Å². The van der Waals surface area contributed by atoms with Crippen LogP contribution in [-0.2, 0) is 0 Å². The lowest BCUT2D eigenvalue weighted by Gasteiger charge is -2.04. The maximum Gasteiger partial charge on any atom is 0.359 e. The van der Waals surface area contributed by atoms with E-state index >= 15 is 0 Å². The minimum atomic E-state index is 0.783. The van der Waals surface area contributed by atoms with Gasteiger partial charge in [-0.3, -0.25) is 0 Å². The summed E-state index contributed by atoms with van der Waals surface area (Å²) in [7, 11) is 0. The molecule has 1 aromatic heterocycles. The highest BCUT2D eigenvalue weighted by Gasteiger charge is 2.08. The summed E-state index contributed by atoms with van der Waals surface area (Å²) in [4.78, 5) is 0. The van der Waals surface area contributed by atoms with Crippen molar-refractivity contribution in [3.05, 3.63) is 48.7 Å². The molecule has 2 rings (SSSR count). The van der Waals surface area contributed by atoms with Crippen molar-refractivity contribution in [3.8, 4) is 17.1 Å². The van der Waals surface area contributed by atoms with Crippen molar-refractivity contribution < 1.29 is 9.15 Å². The van der Waals surface area contributed by atoms with Gasteiger partial charge in [0.1, 0.15) is 5.75 Å². The van der Waals surface area contributed by atoms with Crippen molar-refractivity contribution >= 4 is 0 Å². The molecule has 0 spiro atoms. The standard InChI is InChI=1S/C15H17O2/c1-2-3-11-16-14-9-7-13(8-10-14)15-6-4-5-12-17-15/h4-10,12H,2-3,11H2,1H3/q+1. The van der Waals surface area contributed by atoms with Gasteiger partial charge >= 0.3 is 12.0 Å². The first-order valence-corrected chi connectivity index (χ1v) is 6.00. The summed E-state index contributed by atoms with van der Waals surface area (Å²) in [5, 5.41) is 0. The van der Waals surface area contributed by atoms with Gasteiger partial charge < -0.3 is 4.74 Å². The zero-order valence-electron chi connectivity index (χ0n) is 10.1. The average Bonchev–Trinajstić information content (AvgIpc) is 2.41. The van der Waals surface area contributed by atoms with Crippen LogP contribution in [0.15, 0.2) is 53.1 Å². The van der Waals surface area contributed by atoms with Crippen LogP contribution < -0.4 is 4.74 Å². The SMILES string of the molecule is CCCCOc1ccc(-c2cccc[o+]2)cc1. The van der Waals surface area contributed by atoms with Crippen molar-refractivity contribution in [2.24, 2.45) is 0 Å². The number of hydrogen-bond acceptors (Lipinski definition) is 1. The van der Waals surface area contributed by atoms with E-state index in [9.17, 15) is 0 Å². The second-order valence-electron chi connectivity index (χ2n) is 3.90. The van der Waals surface area contributed by atoms with Gasteiger partial charge in [0.25, 0.3) is 0 Å². The smallest absolute Gasteiger partial charge is 0.359 e. The van der Waals surface area contributed by atoms with Crippen molar-refractivity contribution in [2.75, 3.05) is 6.61 Å². The van der Waals surface area contributed by atoms with E-state index in [0.29, 0.717) is 0 Å². The fraction of sp³-hybridized carbons (Fsp3) is 0.267. The quantitative estimate of drug-likeness (QED) is 0.559. The lowest BCUT2D eigenvalue weighted by atomic mass is 10.1. The molecule has 0 unspecified atom stereocenters. The monoisotopic (exact) mass is 229 g/mol. The maximum absolute atomic E-state index is 5.61. The molecule has 0 fully saturated rings. The molecular weight excluding hydrogens is 212 g/mol. The van der Waals surface area contributed by atoms with E-state index in [0.717, 1.165) is 36.5 Å². The molecule has 2 nitrogen and oxygen atoms in total. The number of hydrogen-bond donors (Lipinski definition) is 0. The van der Waals surface area contributed by atoms with Gasteiger partial charge in [-0.25, -0.2) is 4.42 Å². The molecule has 0 bridgehead atoms. The van der Waals surface area contributed by atoms with E-state index in [1.165, 1.54) is 0 Å². The Labute approximate surface area is 102 Å². The molecule has 0 radical (unpaired) electrons. The molecule has 88 valence electrons. The van der Waals surface area contributed by atoms with Crippen LogP contribution in [0.1, 0.15) is 19.8 Å². The van der Waals surface area contributed by atoms with Gasteiger partial charge in [-0.15, -0.1) is 0 Å². The highest BCUT2D eigenvalue weighted by molar-refractivity contribution is 5.57. The molecular formula is C15H17O2+. The van der Waals surface area contributed by atoms with E-state index in [-0.39, 0.29) is 0 Å². The van der Waals surface area contributed by atoms with Gasteiger partial charge in [-0.05, 0) is 36.8 Å². The Balaban J connectivity index is 2.03. The third-order valence-corrected chi connectivity index (χ3v) is 2.54.